The predicted molar refractivity (Wildman–Crippen MR) is 127 cm³/mol. The summed E-state index contributed by atoms with van der Waals surface area (Å²) >= 11 is 11.8. The summed E-state index contributed by atoms with van der Waals surface area (Å²) < 4.78 is 32.8. The zero-order valence-corrected chi connectivity index (χ0v) is 19.6. The molecule has 0 saturated carbocycles. The van der Waals surface area contributed by atoms with Crippen LogP contribution >= 0.6 is 23.2 Å². The second-order valence-corrected chi connectivity index (χ2v) is 9.63. The fraction of sp³-hybridized carbons (Fsp3) is 0.174. The number of hydrogen-bond donors (Lipinski definition) is 1. The molecule has 3 aromatic rings. The van der Waals surface area contributed by atoms with Crippen LogP contribution in [0.25, 0.3) is 0 Å². The standard InChI is InChI=1S/C23H22Cl2N2O4S/c1-31-21-10-12-22(13-11-21)32(29,30)27(20-8-6-19(25)7-9-20)16-23(28)26-15-14-17-2-4-18(24)5-3-17/h2-13H,14-16H2,1H3,(H,26,28). The van der Waals surface area contributed by atoms with Crippen molar-refractivity contribution in [2.24, 2.45) is 0 Å². The van der Waals surface area contributed by atoms with Crippen molar-refractivity contribution in [3.63, 3.8) is 0 Å². The van der Waals surface area contributed by atoms with Crippen LogP contribution in [0.2, 0.25) is 10.0 Å². The van der Waals surface area contributed by atoms with E-state index in [1.54, 1.807) is 48.5 Å². The number of carbonyl (C=O) groups excluding carboxylic acids is 1. The second-order valence-electron chi connectivity index (χ2n) is 6.89. The van der Waals surface area contributed by atoms with Crippen LogP contribution in [0.4, 0.5) is 5.69 Å². The minimum Gasteiger partial charge on any atom is -0.497 e. The fourth-order valence-electron chi connectivity index (χ4n) is 2.98. The Hall–Kier alpha value is -2.74. The highest BCUT2D eigenvalue weighted by Crippen LogP contribution is 2.26. The molecule has 168 valence electrons. The number of carbonyl (C=O) groups is 1. The number of nitrogens with zero attached hydrogens (tertiary/aromatic N) is 1. The third-order valence-corrected chi connectivity index (χ3v) is 6.99. The number of nitrogens with one attached hydrogen (secondary N) is 1. The minimum absolute atomic E-state index is 0.0437. The van der Waals surface area contributed by atoms with E-state index < -0.39 is 15.9 Å². The van der Waals surface area contributed by atoms with E-state index in [1.807, 2.05) is 12.1 Å². The largest absolute Gasteiger partial charge is 0.497 e. The lowest BCUT2D eigenvalue weighted by atomic mass is 10.1. The Balaban J connectivity index is 1.77. The molecule has 0 radical (unpaired) electrons. The summed E-state index contributed by atoms with van der Waals surface area (Å²) in [5, 5.41) is 3.88. The third kappa shape index (κ3) is 6.16. The van der Waals surface area contributed by atoms with Crippen LogP contribution in [0.1, 0.15) is 5.56 Å². The molecule has 6 nitrogen and oxygen atoms in total. The Bertz CT molecular complexity index is 1150. The van der Waals surface area contributed by atoms with Crippen molar-refractivity contribution in [2.45, 2.75) is 11.3 Å². The molecule has 0 bridgehead atoms. The molecule has 32 heavy (non-hydrogen) atoms. The Morgan fingerprint density at radius 3 is 2.03 bits per heavy atom. The van der Waals surface area contributed by atoms with Gasteiger partial charge >= 0.3 is 0 Å². The zero-order valence-electron chi connectivity index (χ0n) is 17.3. The molecule has 0 aliphatic rings. The first-order valence-corrected chi connectivity index (χ1v) is 11.9. The first kappa shape index (κ1) is 23.9. The summed E-state index contributed by atoms with van der Waals surface area (Å²) in [6, 6.07) is 19.6. The normalized spacial score (nSPS) is 11.1. The molecule has 0 fully saturated rings. The first-order chi connectivity index (χ1) is 15.3. The van der Waals surface area contributed by atoms with Crippen LogP contribution in [0.5, 0.6) is 5.75 Å². The van der Waals surface area contributed by atoms with Gasteiger partial charge in [-0.1, -0.05) is 35.3 Å². The van der Waals surface area contributed by atoms with Crippen molar-refractivity contribution in [3.8, 4) is 5.75 Å². The van der Waals surface area contributed by atoms with Gasteiger partial charge in [-0.25, -0.2) is 8.42 Å². The molecule has 0 atom stereocenters. The SMILES string of the molecule is COc1ccc(S(=O)(=O)N(CC(=O)NCCc2ccc(Cl)cc2)c2ccc(Cl)cc2)cc1. The molecule has 0 heterocycles. The number of hydrogen-bond acceptors (Lipinski definition) is 4. The van der Waals surface area contributed by atoms with Gasteiger partial charge in [-0.05, 0) is 72.6 Å². The van der Waals surface area contributed by atoms with E-state index in [1.165, 1.54) is 19.2 Å². The van der Waals surface area contributed by atoms with Gasteiger partial charge in [0.1, 0.15) is 12.3 Å². The zero-order chi connectivity index (χ0) is 23.1. The van der Waals surface area contributed by atoms with Gasteiger partial charge in [-0.2, -0.15) is 0 Å². The van der Waals surface area contributed by atoms with Crippen LogP contribution in [0.3, 0.4) is 0 Å². The lowest BCUT2D eigenvalue weighted by Gasteiger charge is -2.24. The van der Waals surface area contributed by atoms with Gasteiger partial charge in [0.15, 0.2) is 0 Å². The molecular formula is C23H22Cl2N2O4S. The Labute approximate surface area is 197 Å². The quantitative estimate of drug-likeness (QED) is 0.475. The number of methoxy groups -OCH3 is 1. The molecule has 0 saturated heterocycles. The van der Waals surface area contributed by atoms with Crippen molar-refractivity contribution in [1.82, 2.24) is 5.32 Å². The first-order valence-electron chi connectivity index (χ1n) is 9.73. The molecule has 3 rings (SSSR count). The van der Waals surface area contributed by atoms with E-state index in [2.05, 4.69) is 5.32 Å². The van der Waals surface area contributed by atoms with Gasteiger partial charge in [0.05, 0.1) is 17.7 Å². The van der Waals surface area contributed by atoms with Crippen molar-refractivity contribution >= 4 is 44.8 Å². The number of anilines is 1. The molecule has 0 unspecified atom stereocenters. The monoisotopic (exact) mass is 492 g/mol. The van der Waals surface area contributed by atoms with Gasteiger partial charge in [-0.15, -0.1) is 0 Å². The van der Waals surface area contributed by atoms with Gasteiger partial charge in [-0.3, -0.25) is 9.10 Å². The van der Waals surface area contributed by atoms with Gasteiger partial charge in [0.25, 0.3) is 10.0 Å². The van der Waals surface area contributed by atoms with E-state index in [-0.39, 0.29) is 11.4 Å². The van der Waals surface area contributed by atoms with Crippen molar-refractivity contribution in [3.05, 3.63) is 88.4 Å². The number of rotatable bonds is 9. The van der Waals surface area contributed by atoms with Gasteiger partial charge in [0.2, 0.25) is 5.91 Å². The van der Waals surface area contributed by atoms with Crippen LogP contribution in [-0.2, 0) is 21.2 Å². The average molecular weight is 493 g/mol. The highest BCUT2D eigenvalue weighted by atomic mass is 35.5. The molecule has 1 N–H and O–H groups in total. The number of halogens is 2. The maximum atomic E-state index is 13.3. The van der Waals surface area contributed by atoms with Crippen molar-refractivity contribution in [1.29, 1.82) is 0 Å². The van der Waals surface area contributed by atoms with Crippen LogP contribution < -0.4 is 14.4 Å². The lowest BCUT2D eigenvalue weighted by molar-refractivity contribution is -0.119. The molecule has 3 aromatic carbocycles. The lowest BCUT2D eigenvalue weighted by Crippen LogP contribution is -2.41. The maximum absolute atomic E-state index is 13.3. The topological polar surface area (TPSA) is 75.7 Å². The smallest absolute Gasteiger partial charge is 0.264 e. The highest BCUT2D eigenvalue weighted by molar-refractivity contribution is 7.92. The third-order valence-electron chi connectivity index (χ3n) is 4.70. The Kier molecular flexibility index (Phi) is 8.01. The van der Waals surface area contributed by atoms with Crippen LogP contribution in [0.15, 0.2) is 77.7 Å². The van der Waals surface area contributed by atoms with Crippen LogP contribution in [-0.4, -0.2) is 34.5 Å². The van der Waals surface area contributed by atoms with E-state index in [0.717, 1.165) is 9.87 Å². The van der Waals surface area contributed by atoms with E-state index in [9.17, 15) is 13.2 Å². The van der Waals surface area contributed by atoms with Gasteiger partial charge in [0, 0.05) is 16.6 Å². The van der Waals surface area contributed by atoms with Gasteiger partial charge < -0.3 is 10.1 Å². The summed E-state index contributed by atoms with van der Waals surface area (Å²) in [7, 11) is -2.51. The molecular weight excluding hydrogens is 471 g/mol. The molecule has 9 heteroatoms. The molecule has 0 aliphatic carbocycles. The summed E-state index contributed by atoms with van der Waals surface area (Å²) in [6.45, 7) is -0.0197. The Morgan fingerprint density at radius 2 is 1.47 bits per heavy atom. The molecule has 0 spiro atoms. The van der Waals surface area contributed by atoms with Crippen molar-refractivity contribution < 1.29 is 17.9 Å². The highest BCUT2D eigenvalue weighted by Gasteiger charge is 2.27. The minimum atomic E-state index is -4.01. The second kappa shape index (κ2) is 10.7. The number of amides is 1. The van der Waals surface area contributed by atoms with E-state index >= 15 is 0 Å². The summed E-state index contributed by atoms with van der Waals surface area (Å²) in [5.41, 5.74) is 1.34. The van der Waals surface area contributed by atoms with E-state index in [0.29, 0.717) is 34.4 Å². The summed E-state index contributed by atoms with van der Waals surface area (Å²) in [4.78, 5) is 12.7. The molecule has 1 amide bonds. The summed E-state index contributed by atoms with van der Waals surface area (Å²) in [5.74, 6) is 0.105. The average Bonchev–Trinajstić information content (AvgIpc) is 2.79. The molecule has 0 aliphatic heterocycles. The number of ether oxygens (including phenoxy) is 1. The summed E-state index contributed by atoms with van der Waals surface area (Å²) in [6.07, 6.45) is 0.592. The molecule has 0 aromatic heterocycles. The van der Waals surface area contributed by atoms with Crippen LogP contribution in [0, 0.1) is 0 Å². The van der Waals surface area contributed by atoms with E-state index in [4.69, 9.17) is 27.9 Å². The maximum Gasteiger partial charge on any atom is 0.264 e. The fourth-order valence-corrected chi connectivity index (χ4v) is 4.65. The number of sulfonamides is 1. The van der Waals surface area contributed by atoms with Crippen molar-refractivity contribution in [2.75, 3.05) is 24.5 Å². The predicted octanol–water partition coefficient (Wildman–Crippen LogP) is 4.56. The Morgan fingerprint density at radius 1 is 0.906 bits per heavy atom. The number of benzene rings is 3.